The fourth-order valence-electron chi connectivity index (χ4n) is 3.25. The summed E-state index contributed by atoms with van der Waals surface area (Å²) in [5.74, 6) is -2.87. The summed E-state index contributed by atoms with van der Waals surface area (Å²) in [6.45, 7) is 0. The van der Waals surface area contributed by atoms with E-state index in [0.717, 1.165) is 22.7 Å². The maximum atomic E-state index is 12.3. The molecule has 1 aromatic heterocycles. The molecule has 0 amide bonds. The summed E-state index contributed by atoms with van der Waals surface area (Å²) < 4.78 is 0. The lowest BCUT2D eigenvalue weighted by atomic mass is 9.92. The topological polar surface area (TPSA) is 90.4 Å². The van der Waals surface area contributed by atoms with E-state index in [-0.39, 0.29) is 5.57 Å². The van der Waals surface area contributed by atoms with Crippen LogP contribution in [0.25, 0.3) is 16.5 Å². The highest BCUT2D eigenvalue weighted by molar-refractivity contribution is 6.38. The van der Waals surface area contributed by atoms with E-state index in [4.69, 9.17) is 0 Å². The molecule has 0 radical (unpaired) electrons. The molecule has 3 N–H and O–H groups in total. The molecule has 3 aromatic rings. The number of carbonyl (C=O) groups is 2. The number of aromatic amines is 1. The largest absolute Gasteiger partial charge is 0.504 e. The zero-order valence-electron chi connectivity index (χ0n) is 13.7. The minimum Gasteiger partial charge on any atom is -0.504 e. The Morgan fingerprint density at radius 1 is 0.923 bits per heavy atom. The average molecular weight is 345 g/mol. The van der Waals surface area contributed by atoms with Crippen LogP contribution < -0.4 is 0 Å². The predicted octanol–water partition coefficient (Wildman–Crippen LogP) is 3.62. The zero-order chi connectivity index (χ0) is 18.3. The van der Waals surface area contributed by atoms with E-state index >= 15 is 0 Å². The van der Waals surface area contributed by atoms with Gasteiger partial charge < -0.3 is 15.2 Å². The Morgan fingerprint density at radius 2 is 1.69 bits per heavy atom. The first kappa shape index (κ1) is 15.9. The van der Waals surface area contributed by atoms with E-state index in [2.05, 4.69) is 4.98 Å². The van der Waals surface area contributed by atoms with Gasteiger partial charge in [0.2, 0.25) is 11.6 Å². The maximum absolute atomic E-state index is 12.3. The number of aromatic nitrogens is 1. The standard InChI is InChI=1S/C21H15NO4/c23-16-10-17(24)21(26)18(20(16)25)15-11-22-19-13(7-4-8-14(15)19)9-12-5-2-1-3-6-12/h1-8,10-11,22-23,26H,9H2. The molecule has 0 saturated carbocycles. The van der Waals surface area contributed by atoms with Gasteiger partial charge in [0.15, 0.2) is 11.5 Å². The predicted molar refractivity (Wildman–Crippen MR) is 97.8 cm³/mol. The second-order valence-corrected chi connectivity index (χ2v) is 6.15. The molecular formula is C21H15NO4. The Kier molecular flexibility index (Phi) is 3.69. The average Bonchev–Trinajstić information content (AvgIpc) is 3.06. The van der Waals surface area contributed by atoms with Gasteiger partial charge in [-0.25, -0.2) is 0 Å². The lowest BCUT2D eigenvalue weighted by Crippen LogP contribution is -2.18. The number of H-pyrrole nitrogens is 1. The van der Waals surface area contributed by atoms with Crippen LogP contribution in [0.4, 0.5) is 0 Å². The van der Waals surface area contributed by atoms with E-state index < -0.39 is 23.1 Å². The van der Waals surface area contributed by atoms with E-state index in [0.29, 0.717) is 17.4 Å². The monoisotopic (exact) mass is 345 g/mol. The van der Waals surface area contributed by atoms with Crippen LogP contribution in [0.1, 0.15) is 16.7 Å². The van der Waals surface area contributed by atoms with Gasteiger partial charge in [0.25, 0.3) is 0 Å². The van der Waals surface area contributed by atoms with Crippen molar-refractivity contribution >= 4 is 28.0 Å². The second kappa shape index (κ2) is 6.04. The molecule has 0 fully saturated rings. The number of allylic oxidation sites excluding steroid dienone is 2. The first-order chi connectivity index (χ1) is 12.6. The van der Waals surface area contributed by atoms with Gasteiger partial charge in [-0.05, 0) is 17.5 Å². The molecule has 5 nitrogen and oxygen atoms in total. The van der Waals surface area contributed by atoms with E-state index in [1.165, 1.54) is 0 Å². The summed E-state index contributed by atoms with van der Waals surface area (Å²) in [5, 5.41) is 20.5. The molecule has 128 valence electrons. The smallest absolute Gasteiger partial charge is 0.231 e. The fraction of sp³-hybridized carbons (Fsp3) is 0.0476. The minimum absolute atomic E-state index is 0.182. The van der Waals surface area contributed by atoms with Crippen LogP contribution in [-0.2, 0) is 16.0 Å². The number of para-hydroxylation sites is 1. The molecular weight excluding hydrogens is 330 g/mol. The first-order valence-corrected chi connectivity index (χ1v) is 8.12. The molecule has 4 rings (SSSR count). The number of rotatable bonds is 3. The van der Waals surface area contributed by atoms with Crippen molar-refractivity contribution in [2.45, 2.75) is 6.42 Å². The van der Waals surface area contributed by atoms with Crippen molar-refractivity contribution in [2.75, 3.05) is 0 Å². The van der Waals surface area contributed by atoms with E-state index in [1.54, 1.807) is 6.20 Å². The highest BCUT2D eigenvalue weighted by atomic mass is 16.3. The van der Waals surface area contributed by atoms with Crippen LogP contribution in [0.15, 0.2) is 72.3 Å². The number of aliphatic hydroxyl groups is 2. The second-order valence-electron chi connectivity index (χ2n) is 6.15. The van der Waals surface area contributed by atoms with Gasteiger partial charge in [0.1, 0.15) is 0 Å². The SMILES string of the molecule is O=C1C=C(O)C(=O)C(c2c[nH]c3c(Cc4ccccc4)cccc23)=C1O. The van der Waals surface area contributed by atoms with Crippen molar-refractivity contribution in [1.82, 2.24) is 4.98 Å². The lowest BCUT2D eigenvalue weighted by molar-refractivity contribution is -0.117. The number of Topliss-reactive ketones (excluding diaryl/α,β-unsaturated/α-hetero) is 1. The number of hydrogen-bond acceptors (Lipinski definition) is 4. The van der Waals surface area contributed by atoms with Crippen molar-refractivity contribution in [1.29, 1.82) is 0 Å². The van der Waals surface area contributed by atoms with Crippen molar-refractivity contribution in [3.05, 3.63) is 89.0 Å². The Hall–Kier alpha value is -3.60. The molecule has 0 aliphatic heterocycles. The third-order valence-electron chi connectivity index (χ3n) is 4.51. The van der Waals surface area contributed by atoms with E-state index in [9.17, 15) is 19.8 Å². The molecule has 1 aliphatic carbocycles. The Labute approximate surface area is 148 Å². The van der Waals surface area contributed by atoms with Gasteiger partial charge in [-0.15, -0.1) is 0 Å². The number of fused-ring (bicyclic) bond motifs is 1. The molecule has 0 unspecified atom stereocenters. The summed E-state index contributed by atoms with van der Waals surface area (Å²) in [6, 6.07) is 15.6. The highest BCUT2D eigenvalue weighted by Gasteiger charge is 2.31. The van der Waals surface area contributed by atoms with Crippen LogP contribution >= 0.6 is 0 Å². The zero-order valence-corrected chi connectivity index (χ0v) is 13.7. The molecule has 26 heavy (non-hydrogen) atoms. The fourth-order valence-corrected chi connectivity index (χ4v) is 3.25. The molecule has 0 atom stereocenters. The quantitative estimate of drug-likeness (QED) is 0.632. The van der Waals surface area contributed by atoms with Crippen molar-refractivity contribution in [2.24, 2.45) is 0 Å². The summed E-state index contributed by atoms with van der Waals surface area (Å²) in [5.41, 5.74) is 3.20. The lowest BCUT2D eigenvalue weighted by Gasteiger charge is -2.12. The van der Waals surface area contributed by atoms with E-state index in [1.807, 2.05) is 48.5 Å². The van der Waals surface area contributed by atoms with Crippen LogP contribution in [0, 0.1) is 0 Å². The number of carbonyl (C=O) groups excluding carboxylic acids is 2. The molecule has 0 bridgehead atoms. The normalized spacial score (nSPS) is 14.8. The minimum atomic E-state index is -0.785. The Morgan fingerprint density at radius 3 is 2.46 bits per heavy atom. The summed E-state index contributed by atoms with van der Waals surface area (Å²) in [7, 11) is 0. The Bertz CT molecular complexity index is 1100. The van der Waals surface area contributed by atoms with Crippen LogP contribution in [0.3, 0.4) is 0 Å². The number of aliphatic hydroxyl groups excluding tert-OH is 2. The van der Waals surface area contributed by atoms with Gasteiger partial charge in [0, 0.05) is 28.7 Å². The molecule has 0 spiro atoms. The number of benzene rings is 2. The maximum Gasteiger partial charge on any atom is 0.231 e. The van der Waals surface area contributed by atoms with Crippen molar-refractivity contribution in [3.8, 4) is 0 Å². The van der Waals surface area contributed by atoms with Crippen LogP contribution in [0.2, 0.25) is 0 Å². The number of ketones is 2. The number of hydrogen-bond donors (Lipinski definition) is 3. The van der Waals surface area contributed by atoms with Crippen molar-refractivity contribution in [3.63, 3.8) is 0 Å². The third-order valence-corrected chi connectivity index (χ3v) is 4.51. The molecule has 1 heterocycles. The van der Waals surface area contributed by atoms with Crippen LogP contribution in [0.5, 0.6) is 0 Å². The number of nitrogens with one attached hydrogen (secondary N) is 1. The van der Waals surface area contributed by atoms with Gasteiger partial charge in [-0.2, -0.15) is 0 Å². The summed E-state index contributed by atoms with van der Waals surface area (Å²) in [6.07, 6.45) is 3.01. The van der Waals surface area contributed by atoms with Gasteiger partial charge in [-0.1, -0.05) is 48.5 Å². The third kappa shape index (κ3) is 2.50. The van der Waals surface area contributed by atoms with Crippen LogP contribution in [-0.4, -0.2) is 26.8 Å². The van der Waals surface area contributed by atoms with Gasteiger partial charge in [0.05, 0.1) is 5.57 Å². The molecule has 2 aromatic carbocycles. The highest BCUT2D eigenvalue weighted by Crippen LogP contribution is 2.33. The van der Waals surface area contributed by atoms with Gasteiger partial charge in [-0.3, -0.25) is 9.59 Å². The molecule has 1 aliphatic rings. The van der Waals surface area contributed by atoms with Gasteiger partial charge >= 0.3 is 0 Å². The van der Waals surface area contributed by atoms with Crippen molar-refractivity contribution < 1.29 is 19.8 Å². The first-order valence-electron chi connectivity index (χ1n) is 8.12. The summed E-state index contributed by atoms with van der Waals surface area (Å²) >= 11 is 0. The molecule has 5 heteroatoms. The summed E-state index contributed by atoms with van der Waals surface area (Å²) in [4.78, 5) is 27.2. The Balaban J connectivity index is 1.84. The molecule has 0 saturated heterocycles.